The number of aromatic nitrogens is 2. The first-order valence-electron chi connectivity index (χ1n) is 9.86. The molecule has 4 rings (SSSR count). The quantitative estimate of drug-likeness (QED) is 0.454. The minimum atomic E-state index is -0.396. The Hall–Kier alpha value is -3.59. The van der Waals surface area contributed by atoms with E-state index in [-0.39, 0.29) is 11.6 Å². The molecule has 1 aliphatic rings. The average Bonchev–Trinajstić information content (AvgIpc) is 3.21. The zero-order chi connectivity index (χ0) is 20.2. The third-order valence-corrected chi connectivity index (χ3v) is 5.41. The highest BCUT2D eigenvalue weighted by atomic mass is 16.1. The molecule has 29 heavy (non-hydrogen) atoms. The van der Waals surface area contributed by atoms with Crippen molar-refractivity contribution >= 4 is 22.5 Å². The van der Waals surface area contributed by atoms with Crippen molar-refractivity contribution in [3.8, 4) is 6.07 Å². The summed E-state index contributed by atoms with van der Waals surface area (Å²) in [7, 11) is 0. The van der Waals surface area contributed by atoms with Gasteiger partial charge in [0.25, 0.3) is 5.91 Å². The highest BCUT2D eigenvalue weighted by Gasteiger charge is 2.16. The number of hydrogen-bond donors (Lipinski definition) is 3. The summed E-state index contributed by atoms with van der Waals surface area (Å²) in [4.78, 5) is 12.6. The summed E-state index contributed by atoms with van der Waals surface area (Å²) in [5.41, 5.74) is 5.53. The Kier molecular flexibility index (Phi) is 5.30. The van der Waals surface area contributed by atoms with E-state index in [9.17, 15) is 10.1 Å². The van der Waals surface area contributed by atoms with Crippen LogP contribution in [-0.4, -0.2) is 16.1 Å². The predicted molar refractivity (Wildman–Crippen MR) is 113 cm³/mol. The van der Waals surface area contributed by atoms with Crippen molar-refractivity contribution < 1.29 is 4.79 Å². The van der Waals surface area contributed by atoms with Crippen LogP contribution < -0.4 is 10.6 Å². The van der Waals surface area contributed by atoms with Crippen molar-refractivity contribution in [1.82, 2.24) is 15.5 Å². The van der Waals surface area contributed by atoms with Gasteiger partial charge in [-0.3, -0.25) is 9.89 Å². The number of carbonyl (C=O) groups is 1. The summed E-state index contributed by atoms with van der Waals surface area (Å²) in [6.07, 6.45) is 7.87. The van der Waals surface area contributed by atoms with Gasteiger partial charge in [-0.2, -0.15) is 10.4 Å². The van der Waals surface area contributed by atoms with Crippen LogP contribution in [0.25, 0.3) is 10.9 Å². The Morgan fingerprint density at radius 2 is 2.03 bits per heavy atom. The molecule has 3 aromatic rings. The smallest absolute Gasteiger partial charge is 0.263 e. The highest BCUT2D eigenvalue weighted by molar-refractivity contribution is 5.97. The van der Waals surface area contributed by atoms with Gasteiger partial charge in [0.15, 0.2) is 0 Å². The molecule has 0 spiro atoms. The normalized spacial score (nSPS) is 14.7. The molecular formula is C23H23N5O. The summed E-state index contributed by atoms with van der Waals surface area (Å²) in [6, 6.07) is 13.9. The number of rotatable bonds is 5. The van der Waals surface area contributed by atoms with Gasteiger partial charge in [0.1, 0.15) is 11.6 Å². The van der Waals surface area contributed by atoms with E-state index in [0.717, 1.165) is 35.0 Å². The summed E-state index contributed by atoms with van der Waals surface area (Å²) >= 11 is 0. The second kappa shape index (κ2) is 8.19. The van der Waals surface area contributed by atoms with Crippen molar-refractivity contribution in [3.63, 3.8) is 0 Å². The molecule has 2 aromatic carbocycles. The van der Waals surface area contributed by atoms with E-state index in [4.69, 9.17) is 0 Å². The molecule has 6 nitrogen and oxygen atoms in total. The summed E-state index contributed by atoms with van der Waals surface area (Å²) in [6.45, 7) is 1.94. The molecule has 1 aliphatic carbocycles. The number of aryl methyl sites for hydroxylation is 2. The number of benzene rings is 2. The summed E-state index contributed by atoms with van der Waals surface area (Å²) in [5.74, 6) is -0.396. The van der Waals surface area contributed by atoms with E-state index in [1.165, 1.54) is 30.2 Å². The van der Waals surface area contributed by atoms with Crippen LogP contribution in [0, 0.1) is 11.3 Å². The van der Waals surface area contributed by atoms with Crippen LogP contribution >= 0.6 is 0 Å². The number of carbonyl (C=O) groups excluding carboxylic acids is 1. The number of amides is 1. The first-order chi connectivity index (χ1) is 14.1. The minimum absolute atomic E-state index is 0.0273. The maximum Gasteiger partial charge on any atom is 0.263 e. The number of hydrogen-bond acceptors (Lipinski definition) is 4. The standard InChI is InChI=1S/C23H23N5O/c1-15(17-7-6-16-4-2-3-5-18(16)10-17)27-23(29)20(12-24)13-25-21-9-8-19-14-26-28-22(19)11-21/h6-11,13-15,25H,2-5H2,1H3,(H,26,28)(H,27,29)/b20-13-. The van der Waals surface area contributed by atoms with E-state index in [1.54, 1.807) is 6.20 Å². The Morgan fingerprint density at radius 1 is 1.21 bits per heavy atom. The van der Waals surface area contributed by atoms with Crippen molar-refractivity contribution in [3.05, 3.63) is 71.1 Å². The zero-order valence-electron chi connectivity index (χ0n) is 16.3. The largest absolute Gasteiger partial charge is 0.360 e. The van der Waals surface area contributed by atoms with Crippen LogP contribution in [0.1, 0.15) is 42.5 Å². The summed E-state index contributed by atoms with van der Waals surface area (Å²) < 4.78 is 0. The van der Waals surface area contributed by atoms with Crippen molar-refractivity contribution in [1.29, 1.82) is 5.26 Å². The number of nitrogens with one attached hydrogen (secondary N) is 3. The Labute approximate surface area is 169 Å². The monoisotopic (exact) mass is 385 g/mol. The van der Waals surface area contributed by atoms with Crippen LogP contribution in [0.15, 0.2) is 54.4 Å². The molecule has 146 valence electrons. The highest BCUT2D eigenvalue weighted by Crippen LogP contribution is 2.25. The predicted octanol–water partition coefficient (Wildman–Crippen LogP) is 4.14. The lowest BCUT2D eigenvalue weighted by Gasteiger charge is -2.20. The van der Waals surface area contributed by atoms with E-state index in [0.29, 0.717) is 0 Å². The van der Waals surface area contributed by atoms with Crippen LogP contribution in [0.3, 0.4) is 0 Å². The number of nitrogens with zero attached hydrogens (tertiary/aromatic N) is 2. The molecule has 0 fully saturated rings. The van der Waals surface area contributed by atoms with Gasteiger partial charge in [-0.05, 0) is 67.5 Å². The number of fused-ring (bicyclic) bond motifs is 2. The van der Waals surface area contributed by atoms with Crippen LogP contribution in [-0.2, 0) is 17.6 Å². The lowest BCUT2D eigenvalue weighted by molar-refractivity contribution is -0.117. The Morgan fingerprint density at radius 3 is 2.86 bits per heavy atom. The van der Waals surface area contributed by atoms with Gasteiger partial charge in [0.2, 0.25) is 0 Å². The molecule has 1 amide bonds. The molecule has 6 heteroatoms. The maximum atomic E-state index is 12.6. The zero-order valence-corrected chi connectivity index (χ0v) is 16.3. The van der Waals surface area contributed by atoms with Gasteiger partial charge in [0, 0.05) is 17.3 Å². The number of nitriles is 1. The first-order valence-corrected chi connectivity index (χ1v) is 9.86. The van der Waals surface area contributed by atoms with Gasteiger partial charge < -0.3 is 10.6 Å². The van der Waals surface area contributed by atoms with Crippen LogP contribution in [0.2, 0.25) is 0 Å². The second-order valence-electron chi connectivity index (χ2n) is 7.42. The molecule has 0 saturated carbocycles. The lowest BCUT2D eigenvalue weighted by Crippen LogP contribution is -2.28. The van der Waals surface area contributed by atoms with Gasteiger partial charge in [-0.1, -0.05) is 18.2 Å². The molecule has 1 atom stereocenters. The molecule has 0 bridgehead atoms. The van der Waals surface area contributed by atoms with Crippen molar-refractivity contribution in [2.24, 2.45) is 0 Å². The second-order valence-corrected chi connectivity index (χ2v) is 7.42. The van der Waals surface area contributed by atoms with Gasteiger partial charge in [-0.25, -0.2) is 0 Å². The fourth-order valence-corrected chi connectivity index (χ4v) is 3.71. The van der Waals surface area contributed by atoms with Gasteiger partial charge in [-0.15, -0.1) is 0 Å². The average molecular weight is 385 g/mol. The van der Waals surface area contributed by atoms with Crippen LogP contribution in [0.5, 0.6) is 0 Å². The van der Waals surface area contributed by atoms with Gasteiger partial charge in [0.05, 0.1) is 17.8 Å². The Bertz CT molecular complexity index is 1120. The van der Waals surface area contributed by atoms with E-state index in [1.807, 2.05) is 31.2 Å². The molecule has 3 N–H and O–H groups in total. The molecule has 0 saturated heterocycles. The maximum absolute atomic E-state index is 12.6. The summed E-state index contributed by atoms with van der Waals surface area (Å²) in [5, 5.41) is 23.2. The third kappa shape index (κ3) is 4.14. The fourth-order valence-electron chi connectivity index (χ4n) is 3.71. The molecule has 1 aromatic heterocycles. The number of anilines is 1. The topological polar surface area (TPSA) is 93.6 Å². The number of aromatic amines is 1. The first kappa shape index (κ1) is 18.8. The SMILES string of the molecule is CC(NC(=O)/C(C#N)=C\Nc1ccc2cn[nH]c2c1)c1ccc2c(c1)CCCC2. The molecule has 1 unspecified atom stereocenters. The lowest BCUT2D eigenvalue weighted by atomic mass is 9.89. The van der Waals surface area contributed by atoms with Gasteiger partial charge >= 0.3 is 0 Å². The molecule has 1 heterocycles. The van der Waals surface area contributed by atoms with E-state index < -0.39 is 5.91 Å². The van der Waals surface area contributed by atoms with E-state index >= 15 is 0 Å². The van der Waals surface area contributed by atoms with Crippen molar-refractivity contribution in [2.75, 3.05) is 5.32 Å². The number of H-pyrrole nitrogens is 1. The van der Waals surface area contributed by atoms with E-state index in [2.05, 4.69) is 39.0 Å². The third-order valence-electron chi connectivity index (χ3n) is 5.41. The molecule has 0 aliphatic heterocycles. The molecule has 0 radical (unpaired) electrons. The van der Waals surface area contributed by atoms with Crippen molar-refractivity contribution in [2.45, 2.75) is 38.6 Å². The van der Waals surface area contributed by atoms with Crippen LogP contribution in [0.4, 0.5) is 5.69 Å². The minimum Gasteiger partial charge on any atom is -0.360 e. The fraction of sp³-hybridized carbons (Fsp3) is 0.261. The molecular weight excluding hydrogens is 362 g/mol. The Balaban J connectivity index is 1.44.